The minimum atomic E-state index is 0.780. The zero-order valence-electron chi connectivity index (χ0n) is 8.55. The molecule has 0 amide bonds. The Balaban J connectivity index is 0.000000226. The molecule has 0 saturated heterocycles. The predicted molar refractivity (Wildman–Crippen MR) is 61.4 cm³/mol. The molecule has 0 bridgehead atoms. The molecule has 13 heavy (non-hydrogen) atoms. The summed E-state index contributed by atoms with van der Waals surface area (Å²) in [5, 5.41) is 0. The molecule has 0 atom stereocenters. The average molecular weight is 197 g/mol. The van der Waals surface area contributed by atoms with Crippen molar-refractivity contribution >= 4 is 12.2 Å². The number of nitrogens with one attached hydrogen (secondary N) is 1. The van der Waals surface area contributed by atoms with Gasteiger partial charge in [-0.25, -0.2) is 0 Å². The van der Waals surface area contributed by atoms with E-state index in [9.17, 15) is 0 Å². The molecule has 0 aliphatic heterocycles. The first-order valence-electron chi connectivity index (χ1n) is 4.95. The number of rotatable bonds is 3. The fraction of sp³-hybridized carbons (Fsp3) is 0.545. The fourth-order valence-corrected chi connectivity index (χ4v) is 1.02. The van der Waals surface area contributed by atoms with Crippen LogP contribution in [0, 0.1) is 4.64 Å². The second-order valence-electron chi connectivity index (χ2n) is 2.93. The number of hydrogen-bond donors (Lipinski definition) is 1. The molecule has 0 spiro atoms. The summed E-state index contributed by atoms with van der Waals surface area (Å²) in [4.78, 5) is 2.85. The minimum absolute atomic E-state index is 0.780. The lowest BCUT2D eigenvalue weighted by Gasteiger charge is -1.86. The maximum absolute atomic E-state index is 4.76. The highest BCUT2D eigenvalue weighted by atomic mass is 32.1. The van der Waals surface area contributed by atoms with Crippen LogP contribution in [-0.2, 0) is 0 Å². The van der Waals surface area contributed by atoms with Gasteiger partial charge in [-0.1, -0.05) is 57.8 Å². The van der Waals surface area contributed by atoms with Crippen molar-refractivity contribution in [1.29, 1.82) is 0 Å². The topological polar surface area (TPSA) is 15.8 Å². The van der Waals surface area contributed by atoms with Crippen LogP contribution in [0.25, 0.3) is 0 Å². The van der Waals surface area contributed by atoms with Crippen molar-refractivity contribution in [2.75, 3.05) is 0 Å². The van der Waals surface area contributed by atoms with Crippen LogP contribution in [-0.4, -0.2) is 4.98 Å². The molecule has 2 heteroatoms. The Labute approximate surface area is 86.2 Å². The van der Waals surface area contributed by atoms with Crippen molar-refractivity contribution in [3.8, 4) is 0 Å². The second-order valence-corrected chi connectivity index (χ2v) is 3.37. The van der Waals surface area contributed by atoms with Gasteiger partial charge in [-0.05, 0) is 12.1 Å². The summed E-state index contributed by atoms with van der Waals surface area (Å²) in [6, 6.07) is 5.64. The van der Waals surface area contributed by atoms with E-state index in [4.69, 9.17) is 12.2 Å². The van der Waals surface area contributed by atoms with E-state index in [-0.39, 0.29) is 0 Å². The molecule has 1 aromatic heterocycles. The molecule has 1 aromatic rings. The summed E-state index contributed by atoms with van der Waals surface area (Å²) < 4.78 is 0.780. The monoisotopic (exact) mass is 197 g/mol. The third kappa shape index (κ3) is 9.28. The highest BCUT2D eigenvalue weighted by Crippen LogP contribution is 1.95. The van der Waals surface area contributed by atoms with E-state index in [0.717, 1.165) is 4.64 Å². The first-order chi connectivity index (χ1) is 6.31. The van der Waals surface area contributed by atoms with Gasteiger partial charge in [-0.2, -0.15) is 0 Å². The number of aromatic amines is 1. The van der Waals surface area contributed by atoms with Crippen molar-refractivity contribution in [1.82, 2.24) is 4.98 Å². The van der Waals surface area contributed by atoms with Crippen LogP contribution in [0.4, 0.5) is 0 Å². The van der Waals surface area contributed by atoms with Gasteiger partial charge in [-0.15, -0.1) is 0 Å². The first kappa shape index (κ1) is 12.4. The van der Waals surface area contributed by atoms with Crippen molar-refractivity contribution in [3.63, 3.8) is 0 Å². The molecular formula is C11H19NS. The Morgan fingerprint density at radius 1 is 1.15 bits per heavy atom. The number of H-pyrrole nitrogens is 1. The van der Waals surface area contributed by atoms with Gasteiger partial charge in [0.2, 0.25) is 0 Å². The number of unbranched alkanes of at least 4 members (excludes halogenated alkanes) is 3. The van der Waals surface area contributed by atoms with Crippen molar-refractivity contribution < 1.29 is 0 Å². The van der Waals surface area contributed by atoms with E-state index in [1.165, 1.54) is 25.7 Å². The molecule has 1 heterocycles. The van der Waals surface area contributed by atoms with Gasteiger partial charge in [0.1, 0.15) is 4.64 Å². The molecule has 0 fully saturated rings. The third-order valence-electron chi connectivity index (χ3n) is 1.64. The average Bonchev–Trinajstić information content (AvgIpc) is 2.17. The minimum Gasteiger partial charge on any atom is -0.353 e. The quantitative estimate of drug-likeness (QED) is 0.563. The first-order valence-corrected chi connectivity index (χ1v) is 5.35. The molecule has 0 unspecified atom stereocenters. The van der Waals surface area contributed by atoms with Crippen LogP contribution < -0.4 is 0 Å². The van der Waals surface area contributed by atoms with Crippen LogP contribution >= 0.6 is 12.2 Å². The Hall–Kier alpha value is -0.630. The molecule has 1 N–H and O–H groups in total. The smallest absolute Gasteiger partial charge is 0.103 e. The van der Waals surface area contributed by atoms with Crippen LogP contribution in [0.2, 0.25) is 0 Å². The van der Waals surface area contributed by atoms with Crippen molar-refractivity contribution in [2.24, 2.45) is 0 Å². The van der Waals surface area contributed by atoms with E-state index in [0.29, 0.717) is 0 Å². The van der Waals surface area contributed by atoms with Crippen molar-refractivity contribution in [2.45, 2.75) is 39.5 Å². The lowest BCUT2D eigenvalue weighted by atomic mass is 10.2. The lowest BCUT2D eigenvalue weighted by Crippen LogP contribution is -1.66. The maximum Gasteiger partial charge on any atom is 0.103 e. The summed E-state index contributed by atoms with van der Waals surface area (Å²) in [7, 11) is 0. The number of aromatic nitrogens is 1. The summed E-state index contributed by atoms with van der Waals surface area (Å²) in [6.45, 7) is 4.46. The molecule has 74 valence electrons. The van der Waals surface area contributed by atoms with Gasteiger partial charge in [0.15, 0.2) is 0 Å². The zero-order valence-corrected chi connectivity index (χ0v) is 9.36. The Morgan fingerprint density at radius 2 is 1.77 bits per heavy atom. The van der Waals surface area contributed by atoms with Crippen LogP contribution in [0.3, 0.4) is 0 Å². The van der Waals surface area contributed by atoms with Crippen LogP contribution in [0.15, 0.2) is 24.4 Å². The number of hydrogen-bond acceptors (Lipinski definition) is 1. The van der Waals surface area contributed by atoms with E-state index < -0.39 is 0 Å². The molecule has 0 aliphatic carbocycles. The van der Waals surface area contributed by atoms with E-state index >= 15 is 0 Å². The standard InChI is InChI=1S/C6H14.C5H5NS/c1-3-5-6-4-2;7-5-3-1-2-4-6-5/h3-6H2,1-2H3;1-4H,(H,6,7). The Kier molecular flexibility index (Phi) is 9.00. The Bertz CT molecular complexity index is 220. The van der Waals surface area contributed by atoms with Crippen LogP contribution in [0.1, 0.15) is 39.5 Å². The highest BCUT2D eigenvalue weighted by molar-refractivity contribution is 7.71. The third-order valence-corrected chi connectivity index (χ3v) is 1.89. The van der Waals surface area contributed by atoms with Crippen LogP contribution in [0.5, 0.6) is 0 Å². The Morgan fingerprint density at radius 3 is 2.00 bits per heavy atom. The lowest BCUT2D eigenvalue weighted by molar-refractivity contribution is 0.702. The molecule has 0 aliphatic rings. The molecular weight excluding hydrogens is 178 g/mol. The molecule has 1 rings (SSSR count). The van der Waals surface area contributed by atoms with Crippen molar-refractivity contribution in [3.05, 3.63) is 29.0 Å². The van der Waals surface area contributed by atoms with Gasteiger partial charge in [0.25, 0.3) is 0 Å². The summed E-state index contributed by atoms with van der Waals surface area (Å²) in [6.07, 6.45) is 7.34. The second kappa shape index (κ2) is 9.46. The van der Waals surface area contributed by atoms with Gasteiger partial charge >= 0.3 is 0 Å². The fourth-order valence-electron chi connectivity index (χ4n) is 0.877. The largest absolute Gasteiger partial charge is 0.353 e. The summed E-state index contributed by atoms with van der Waals surface area (Å²) >= 11 is 4.76. The molecule has 1 nitrogen and oxygen atoms in total. The van der Waals surface area contributed by atoms with E-state index in [1.54, 1.807) is 0 Å². The molecule has 0 saturated carbocycles. The molecule has 0 radical (unpaired) electrons. The van der Waals surface area contributed by atoms with Gasteiger partial charge in [0, 0.05) is 6.20 Å². The predicted octanol–water partition coefficient (Wildman–Crippen LogP) is 4.33. The van der Waals surface area contributed by atoms with Gasteiger partial charge in [-0.3, -0.25) is 0 Å². The summed E-state index contributed by atoms with van der Waals surface area (Å²) in [5.74, 6) is 0. The highest BCUT2D eigenvalue weighted by Gasteiger charge is 1.75. The van der Waals surface area contributed by atoms with Gasteiger partial charge in [0.05, 0.1) is 0 Å². The number of pyridine rings is 1. The zero-order chi connectivity index (χ0) is 9.94. The van der Waals surface area contributed by atoms with E-state index in [2.05, 4.69) is 18.8 Å². The van der Waals surface area contributed by atoms with Gasteiger partial charge < -0.3 is 4.98 Å². The SMILES string of the molecule is CCCCCC.S=c1cccc[nH]1. The van der Waals surface area contributed by atoms with E-state index in [1.807, 2.05) is 24.4 Å². The normalized spacial score (nSPS) is 8.77. The maximum atomic E-state index is 4.76. The molecule has 0 aromatic carbocycles. The summed E-state index contributed by atoms with van der Waals surface area (Å²) in [5.41, 5.74) is 0.